The van der Waals surface area contributed by atoms with E-state index in [2.05, 4.69) is 26.0 Å². The van der Waals surface area contributed by atoms with Gasteiger partial charge in [0.2, 0.25) is 0 Å². The van der Waals surface area contributed by atoms with Gasteiger partial charge in [0.05, 0.1) is 0 Å². The third-order valence-corrected chi connectivity index (χ3v) is 3.79. The molecule has 3 heteroatoms. The Morgan fingerprint density at radius 2 is 1.50 bits per heavy atom. The fourth-order valence-electron chi connectivity index (χ4n) is 1.79. The fraction of sp³-hybridized carbons (Fsp3) is 0.200. The summed E-state index contributed by atoms with van der Waals surface area (Å²) in [5.74, 6) is 0.442. The van der Waals surface area contributed by atoms with Gasteiger partial charge in [0.25, 0.3) is 0 Å². The number of anilines is 2. The minimum atomic E-state index is 0.442. The molecule has 0 heterocycles. The van der Waals surface area contributed by atoms with Crippen LogP contribution in [0.2, 0.25) is 0 Å². The number of hydrogen-bond donors (Lipinski definition) is 2. The lowest BCUT2D eigenvalue weighted by atomic mass is 10.0. The number of benzene rings is 2. The maximum Gasteiger partial charge on any atom is 0.0349 e. The van der Waals surface area contributed by atoms with E-state index in [0.29, 0.717) is 5.92 Å². The molecule has 0 atom stereocenters. The predicted molar refractivity (Wildman–Crippen MR) is 79.9 cm³/mol. The third kappa shape index (κ3) is 2.99. The molecule has 0 unspecified atom stereocenters. The zero-order valence-corrected chi connectivity index (χ0v) is 11.5. The predicted octanol–water partition coefficient (Wildman–Crippen LogP) is 4.13. The van der Waals surface area contributed by atoms with Crippen LogP contribution in [0.3, 0.4) is 0 Å². The third-order valence-electron chi connectivity index (χ3n) is 2.80. The topological polar surface area (TPSA) is 52.0 Å². The van der Waals surface area contributed by atoms with E-state index >= 15 is 0 Å². The van der Waals surface area contributed by atoms with E-state index in [4.69, 9.17) is 11.5 Å². The van der Waals surface area contributed by atoms with Gasteiger partial charge in [-0.05, 0) is 53.9 Å². The van der Waals surface area contributed by atoms with Gasteiger partial charge in [-0.15, -0.1) is 0 Å². The first kappa shape index (κ1) is 12.8. The van der Waals surface area contributed by atoms with Crippen LogP contribution in [-0.2, 0) is 0 Å². The molecule has 18 heavy (non-hydrogen) atoms. The van der Waals surface area contributed by atoms with Gasteiger partial charge in [0.15, 0.2) is 0 Å². The molecule has 0 spiro atoms. The second-order valence-electron chi connectivity index (χ2n) is 4.62. The van der Waals surface area contributed by atoms with Gasteiger partial charge in [0, 0.05) is 21.2 Å². The van der Waals surface area contributed by atoms with Gasteiger partial charge in [-0.2, -0.15) is 0 Å². The molecule has 0 aliphatic carbocycles. The molecule has 0 aromatic heterocycles. The molecule has 0 radical (unpaired) electrons. The molecule has 0 aliphatic heterocycles. The van der Waals surface area contributed by atoms with E-state index in [1.165, 1.54) is 15.4 Å². The summed E-state index contributed by atoms with van der Waals surface area (Å²) in [5, 5.41) is 0. The Balaban J connectivity index is 2.24. The van der Waals surface area contributed by atoms with Gasteiger partial charge in [-0.25, -0.2) is 0 Å². The zero-order chi connectivity index (χ0) is 13.1. The van der Waals surface area contributed by atoms with Crippen molar-refractivity contribution in [1.29, 1.82) is 0 Å². The molecule has 0 bridgehead atoms. The molecule has 0 saturated carbocycles. The van der Waals surface area contributed by atoms with Gasteiger partial charge in [-0.3, -0.25) is 0 Å². The van der Waals surface area contributed by atoms with Crippen LogP contribution in [-0.4, -0.2) is 0 Å². The highest BCUT2D eigenvalue weighted by Crippen LogP contribution is 2.32. The Labute approximate surface area is 112 Å². The van der Waals surface area contributed by atoms with Crippen LogP contribution < -0.4 is 11.5 Å². The monoisotopic (exact) mass is 258 g/mol. The maximum atomic E-state index is 5.98. The summed E-state index contributed by atoms with van der Waals surface area (Å²) < 4.78 is 0. The lowest BCUT2D eigenvalue weighted by molar-refractivity contribution is 0.865. The van der Waals surface area contributed by atoms with Crippen LogP contribution >= 0.6 is 11.8 Å². The number of nitrogen functional groups attached to an aromatic ring is 2. The second-order valence-corrected chi connectivity index (χ2v) is 5.76. The molecule has 94 valence electrons. The van der Waals surface area contributed by atoms with Gasteiger partial charge < -0.3 is 11.5 Å². The summed E-state index contributed by atoms with van der Waals surface area (Å²) in [6.45, 7) is 4.31. The number of rotatable bonds is 3. The summed E-state index contributed by atoms with van der Waals surface area (Å²) in [5.41, 5.74) is 14.5. The summed E-state index contributed by atoms with van der Waals surface area (Å²) in [6, 6.07) is 14.1. The highest BCUT2D eigenvalue weighted by molar-refractivity contribution is 7.99. The lowest BCUT2D eigenvalue weighted by Crippen LogP contribution is -1.96. The normalized spacial score (nSPS) is 10.8. The first-order chi connectivity index (χ1) is 8.56. The molecule has 2 aromatic rings. The average Bonchev–Trinajstić information content (AvgIpc) is 2.34. The van der Waals surface area contributed by atoms with Gasteiger partial charge >= 0.3 is 0 Å². The number of nitrogens with two attached hydrogens (primary N) is 2. The van der Waals surface area contributed by atoms with E-state index < -0.39 is 0 Å². The Hall–Kier alpha value is -1.61. The SMILES string of the molecule is CC(C)c1cc(Sc2ccc(N)cc2)ccc1N. The second kappa shape index (κ2) is 5.36. The smallest absolute Gasteiger partial charge is 0.0349 e. The Morgan fingerprint density at radius 3 is 2.11 bits per heavy atom. The first-order valence-electron chi connectivity index (χ1n) is 5.99. The van der Waals surface area contributed by atoms with Crippen molar-refractivity contribution in [3.05, 3.63) is 48.0 Å². The van der Waals surface area contributed by atoms with Crippen LogP contribution in [0.4, 0.5) is 11.4 Å². The fourth-order valence-corrected chi connectivity index (χ4v) is 2.65. The molecule has 2 nitrogen and oxygen atoms in total. The largest absolute Gasteiger partial charge is 0.399 e. The number of hydrogen-bond acceptors (Lipinski definition) is 3. The van der Waals surface area contributed by atoms with E-state index in [1.54, 1.807) is 11.8 Å². The summed E-state index contributed by atoms with van der Waals surface area (Å²) in [7, 11) is 0. The minimum Gasteiger partial charge on any atom is -0.399 e. The summed E-state index contributed by atoms with van der Waals surface area (Å²) in [4.78, 5) is 2.39. The lowest BCUT2D eigenvalue weighted by Gasteiger charge is -2.11. The Bertz CT molecular complexity index is 533. The van der Waals surface area contributed by atoms with Crippen LogP contribution in [0.5, 0.6) is 0 Å². The van der Waals surface area contributed by atoms with Crippen molar-refractivity contribution >= 4 is 23.1 Å². The van der Waals surface area contributed by atoms with Crippen LogP contribution in [0, 0.1) is 0 Å². The van der Waals surface area contributed by atoms with Crippen LogP contribution in [0.25, 0.3) is 0 Å². The summed E-state index contributed by atoms with van der Waals surface area (Å²) in [6.07, 6.45) is 0. The van der Waals surface area contributed by atoms with E-state index in [1.807, 2.05) is 30.3 Å². The van der Waals surface area contributed by atoms with Crippen molar-refractivity contribution in [3.8, 4) is 0 Å². The Morgan fingerprint density at radius 1 is 0.889 bits per heavy atom. The van der Waals surface area contributed by atoms with E-state index in [9.17, 15) is 0 Å². The molecular weight excluding hydrogens is 240 g/mol. The van der Waals surface area contributed by atoms with Crippen LogP contribution in [0.15, 0.2) is 52.3 Å². The van der Waals surface area contributed by atoms with E-state index in [0.717, 1.165) is 11.4 Å². The summed E-state index contributed by atoms with van der Waals surface area (Å²) >= 11 is 1.73. The molecular formula is C15H18N2S. The van der Waals surface area contributed by atoms with Crippen molar-refractivity contribution in [1.82, 2.24) is 0 Å². The van der Waals surface area contributed by atoms with Crippen LogP contribution in [0.1, 0.15) is 25.3 Å². The average molecular weight is 258 g/mol. The van der Waals surface area contributed by atoms with Crippen molar-refractivity contribution < 1.29 is 0 Å². The van der Waals surface area contributed by atoms with Crippen molar-refractivity contribution in [3.63, 3.8) is 0 Å². The zero-order valence-electron chi connectivity index (χ0n) is 10.7. The molecule has 0 saturated heterocycles. The molecule has 0 amide bonds. The van der Waals surface area contributed by atoms with Crippen molar-refractivity contribution in [2.75, 3.05) is 11.5 Å². The van der Waals surface area contributed by atoms with Gasteiger partial charge in [-0.1, -0.05) is 25.6 Å². The maximum absolute atomic E-state index is 5.98. The quantitative estimate of drug-likeness (QED) is 0.814. The molecule has 0 fully saturated rings. The van der Waals surface area contributed by atoms with Gasteiger partial charge in [0.1, 0.15) is 0 Å². The standard InChI is InChI=1S/C15H18N2S/c1-10(2)14-9-13(7-8-15(14)17)18-12-5-3-11(16)4-6-12/h3-10H,16-17H2,1-2H3. The van der Waals surface area contributed by atoms with Crippen molar-refractivity contribution in [2.45, 2.75) is 29.6 Å². The van der Waals surface area contributed by atoms with Crippen molar-refractivity contribution in [2.24, 2.45) is 0 Å². The molecule has 4 N–H and O–H groups in total. The molecule has 0 aliphatic rings. The highest BCUT2D eigenvalue weighted by Gasteiger charge is 2.06. The first-order valence-corrected chi connectivity index (χ1v) is 6.80. The highest BCUT2D eigenvalue weighted by atomic mass is 32.2. The Kier molecular flexibility index (Phi) is 3.82. The minimum absolute atomic E-state index is 0.442. The molecule has 2 rings (SSSR count). The van der Waals surface area contributed by atoms with E-state index in [-0.39, 0.29) is 0 Å². The molecule has 2 aromatic carbocycles.